The summed E-state index contributed by atoms with van der Waals surface area (Å²) in [5.41, 5.74) is 2.65. The zero-order chi connectivity index (χ0) is 16.1. The van der Waals surface area contributed by atoms with Crippen LogP contribution < -0.4 is 9.54 Å². The van der Waals surface area contributed by atoms with E-state index in [-0.39, 0.29) is 0 Å². The van der Waals surface area contributed by atoms with Crippen molar-refractivity contribution in [1.29, 1.82) is 0 Å². The zero-order valence-corrected chi connectivity index (χ0v) is 13.7. The largest absolute Gasteiger partial charge is 0.497 e. The number of ether oxygens (including phenoxy) is 1. The first-order chi connectivity index (χ1) is 11.3. The molecule has 5 nitrogen and oxygen atoms in total. The standard InChI is InChI=1S/C17H16N4OS/c1-13-12-23-17(20-14-7-5-8-16(10-14)22-2)21(13)19-11-15-6-3-4-9-18-15/h3-12H,1-2H3. The molecule has 2 heterocycles. The van der Waals surface area contributed by atoms with Crippen molar-refractivity contribution in [2.45, 2.75) is 6.92 Å². The summed E-state index contributed by atoms with van der Waals surface area (Å²) in [6, 6.07) is 13.4. The minimum Gasteiger partial charge on any atom is -0.497 e. The van der Waals surface area contributed by atoms with Gasteiger partial charge in [0.15, 0.2) is 0 Å². The van der Waals surface area contributed by atoms with Crippen molar-refractivity contribution in [3.8, 4) is 5.75 Å². The average molecular weight is 324 g/mol. The van der Waals surface area contributed by atoms with Crippen LogP contribution in [0.15, 0.2) is 64.1 Å². The second-order valence-corrected chi connectivity index (χ2v) is 5.62. The molecule has 0 radical (unpaired) electrons. The van der Waals surface area contributed by atoms with Crippen molar-refractivity contribution in [3.63, 3.8) is 0 Å². The average Bonchev–Trinajstić information content (AvgIpc) is 2.94. The molecule has 23 heavy (non-hydrogen) atoms. The van der Waals surface area contributed by atoms with Gasteiger partial charge in [0.2, 0.25) is 4.80 Å². The minimum atomic E-state index is 0.781. The molecule has 0 amide bonds. The van der Waals surface area contributed by atoms with Gasteiger partial charge in [0, 0.05) is 17.6 Å². The highest BCUT2D eigenvalue weighted by Gasteiger charge is 2.00. The molecule has 0 aliphatic heterocycles. The van der Waals surface area contributed by atoms with Crippen LogP contribution in [0.3, 0.4) is 0 Å². The van der Waals surface area contributed by atoms with Crippen molar-refractivity contribution < 1.29 is 4.74 Å². The maximum atomic E-state index is 5.23. The molecule has 0 saturated heterocycles. The van der Waals surface area contributed by atoms with Crippen molar-refractivity contribution >= 4 is 23.2 Å². The molecule has 0 spiro atoms. The van der Waals surface area contributed by atoms with Gasteiger partial charge in [-0.25, -0.2) is 9.67 Å². The monoisotopic (exact) mass is 324 g/mol. The number of benzene rings is 1. The number of nitrogens with zero attached hydrogens (tertiary/aromatic N) is 4. The number of hydrogen-bond donors (Lipinski definition) is 0. The lowest BCUT2D eigenvalue weighted by Crippen LogP contribution is -2.11. The van der Waals surface area contributed by atoms with Gasteiger partial charge in [-0.05, 0) is 31.2 Å². The molecular formula is C17H16N4OS. The number of rotatable bonds is 4. The highest BCUT2D eigenvalue weighted by Crippen LogP contribution is 2.19. The Morgan fingerprint density at radius 3 is 2.91 bits per heavy atom. The summed E-state index contributed by atoms with van der Waals surface area (Å²) in [7, 11) is 1.64. The molecule has 116 valence electrons. The van der Waals surface area contributed by atoms with Gasteiger partial charge in [-0.2, -0.15) is 5.10 Å². The molecule has 0 bridgehead atoms. The van der Waals surface area contributed by atoms with Gasteiger partial charge in [-0.1, -0.05) is 12.1 Å². The van der Waals surface area contributed by atoms with E-state index in [4.69, 9.17) is 4.74 Å². The molecule has 0 unspecified atom stereocenters. The maximum absolute atomic E-state index is 5.23. The normalized spacial score (nSPS) is 12.0. The Morgan fingerprint density at radius 2 is 2.13 bits per heavy atom. The molecule has 3 rings (SSSR count). The SMILES string of the molecule is COc1cccc(N=c2scc(C)n2N=Cc2ccccn2)c1. The van der Waals surface area contributed by atoms with Crippen LogP contribution >= 0.6 is 11.3 Å². The summed E-state index contributed by atoms with van der Waals surface area (Å²) >= 11 is 1.54. The smallest absolute Gasteiger partial charge is 0.211 e. The first kappa shape index (κ1) is 15.2. The Morgan fingerprint density at radius 1 is 1.22 bits per heavy atom. The molecular weight excluding hydrogens is 308 g/mol. The molecule has 0 aliphatic rings. The number of aromatic nitrogens is 2. The molecule has 2 aromatic heterocycles. The number of methoxy groups -OCH3 is 1. The molecule has 0 saturated carbocycles. The third kappa shape index (κ3) is 3.73. The topological polar surface area (TPSA) is 51.8 Å². The van der Waals surface area contributed by atoms with Gasteiger partial charge in [0.1, 0.15) is 5.75 Å². The van der Waals surface area contributed by atoms with E-state index in [0.717, 1.165) is 27.6 Å². The quantitative estimate of drug-likeness (QED) is 0.691. The number of pyridine rings is 1. The van der Waals surface area contributed by atoms with Crippen molar-refractivity contribution in [3.05, 3.63) is 70.2 Å². The Kier molecular flexibility index (Phi) is 4.63. The second-order valence-electron chi connectivity index (χ2n) is 4.78. The number of hydrogen-bond acceptors (Lipinski definition) is 5. The summed E-state index contributed by atoms with van der Waals surface area (Å²) in [4.78, 5) is 9.68. The van der Waals surface area contributed by atoms with Gasteiger partial charge in [-0.3, -0.25) is 4.98 Å². The zero-order valence-electron chi connectivity index (χ0n) is 12.9. The van der Waals surface area contributed by atoms with Crippen LogP contribution in [0.4, 0.5) is 5.69 Å². The molecule has 0 aliphatic carbocycles. The Labute approximate surface area is 138 Å². The van der Waals surface area contributed by atoms with E-state index >= 15 is 0 Å². The summed E-state index contributed by atoms with van der Waals surface area (Å²) in [5.74, 6) is 0.781. The summed E-state index contributed by atoms with van der Waals surface area (Å²) in [6.07, 6.45) is 3.47. The van der Waals surface area contributed by atoms with Crippen LogP contribution in [0.1, 0.15) is 11.4 Å². The number of thiazole rings is 1. The predicted molar refractivity (Wildman–Crippen MR) is 92.5 cm³/mol. The van der Waals surface area contributed by atoms with Crippen LogP contribution in [-0.2, 0) is 0 Å². The third-order valence-electron chi connectivity index (χ3n) is 3.12. The lowest BCUT2D eigenvalue weighted by atomic mass is 10.3. The fourth-order valence-electron chi connectivity index (χ4n) is 1.96. The Bertz CT molecular complexity index is 881. The fourth-order valence-corrected chi connectivity index (χ4v) is 2.79. The van der Waals surface area contributed by atoms with Crippen LogP contribution in [0.2, 0.25) is 0 Å². The number of aryl methyl sites for hydroxylation is 1. The van der Waals surface area contributed by atoms with Crippen molar-refractivity contribution in [2.75, 3.05) is 7.11 Å². The van der Waals surface area contributed by atoms with Crippen LogP contribution in [0.25, 0.3) is 0 Å². The maximum Gasteiger partial charge on any atom is 0.211 e. The van der Waals surface area contributed by atoms with E-state index < -0.39 is 0 Å². The van der Waals surface area contributed by atoms with Crippen LogP contribution in [0, 0.1) is 6.92 Å². The van der Waals surface area contributed by atoms with Crippen LogP contribution in [0.5, 0.6) is 5.75 Å². The summed E-state index contributed by atoms with van der Waals surface area (Å²) in [5, 5.41) is 6.51. The highest BCUT2D eigenvalue weighted by molar-refractivity contribution is 7.07. The van der Waals surface area contributed by atoms with E-state index in [1.165, 1.54) is 0 Å². The lowest BCUT2D eigenvalue weighted by Gasteiger charge is -2.00. The predicted octanol–water partition coefficient (Wildman–Crippen LogP) is 3.38. The second kappa shape index (κ2) is 7.02. The molecule has 0 fully saturated rings. The van der Waals surface area contributed by atoms with Crippen molar-refractivity contribution in [1.82, 2.24) is 9.66 Å². The van der Waals surface area contributed by atoms with Gasteiger partial charge in [0.25, 0.3) is 0 Å². The third-order valence-corrected chi connectivity index (χ3v) is 4.06. The molecule has 6 heteroatoms. The fraction of sp³-hybridized carbons (Fsp3) is 0.118. The Balaban J connectivity index is 1.98. The molecule has 0 N–H and O–H groups in total. The van der Waals surface area contributed by atoms with Gasteiger partial charge in [0.05, 0.1) is 30.4 Å². The lowest BCUT2D eigenvalue weighted by molar-refractivity contribution is 0.415. The van der Waals surface area contributed by atoms with Gasteiger partial charge < -0.3 is 4.74 Å². The van der Waals surface area contributed by atoms with E-state index in [9.17, 15) is 0 Å². The van der Waals surface area contributed by atoms with Crippen LogP contribution in [-0.4, -0.2) is 23.0 Å². The van der Waals surface area contributed by atoms with Gasteiger partial charge in [-0.15, -0.1) is 11.3 Å². The Hall–Kier alpha value is -2.73. The summed E-state index contributed by atoms with van der Waals surface area (Å²) < 4.78 is 7.04. The van der Waals surface area contributed by atoms with Crippen molar-refractivity contribution in [2.24, 2.45) is 10.1 Å². The molecule has 1 aromatic carbocycles. The van der Waals surface area contributed by atoms with E-state index in [1.807, 2.05) is 54.8 Å². The highest BCUT2D eigenvalue weighted by atomic mass is 32.1. The first-order valence-corrected chi connectivity index (χ1v) is 7.95. The van der Waals surface area contributed by atoms with E-state index in [1.54, 1.807) is 35.5 Å². The van der Waals surface area contributed by atoms with E-state index in [2.05, 4.69) is 15.1 Å². The van der Waals surface area contributed by atoms with Gasteiger partial charge >= 0.3 is 0 Å². The minimum absolute atomic E-state index is 0.781. The summed E-state index contributed by atoms with van der Waals surface area (Å²) in [6.45, 7) is 2.00. The molecule has 0 atom stereocenters. The first-order valence-electron chi connectivity index (χ1n) is 7.07. The molecule has 3 aromatic rings. The van der Waals surface area contributed by atoms with E-state index in [0.29, 0.717) is 0 Å².